The molecule has 1 aliphatic rings. The quantitative estimate of drug-likeness (QED) is 0.890. The lowest BCUT2D eigenvalue weighted by Gasteiger charge is -2.38. The van der Waals surface area contributed by atoms with E-state index in [1.54, 1.807) is 12.4 Å². The molecular formula is C15H25N5O. The molecule has 1 aliphatic heterocycles. The molecule has 0 bridgehead atoms. The maximum atomic E-state index is 12.6. The molecule has 2 rings (SSSR count). The van der Waals surface area contributed by atoms with Crippen molar-refractivity contribution in [1.29, 1.82) is 0 Å². The van der Waals surface area contributed by atoms with E-state index >= 15 is 0 Å². The van der Waals surface area contributed by atoms with Crippen molar-refractivity contribution in [1.82, 2.24) is 19.8 Å². The first-order valence-corrected chi connectivity index (χ1v) is 7.71. The Kier molecular flexibility index (Phi) is 5.50. The van der Waals surface area contributed by atoms with Gasteiger partial charge < -0.3 is 10.2 Å². The van der Waals surface area contributed by atoms with Crippen molar-refractivity contribution >= 4 is 11.7 Å². The summed E-state index contributed by atoms with van der Waals surface area (Å²) in [5.74, 6) is 0.651. The zero-order valence-electron chi connectivity index (χ0n) is 13.2. The van der Waals surface area contributed by atoms with Crippen molar-refractivity contribution < 1.29 is 4.79 Å². The Balaban J connectivity index is 2.05. The van der Waals surface area contributed by atoms with Crippen LogP contribution in [0.25, 0.3) is 0 Å². The molecule has 0 radical (unpaired) electrons. The van der Waals surface area contributed by atoms with Crippen molar-refractivity contribution in [3.8, 4) is 0 Å². The highest BCUT2D eigenvalue weighted by Gasteiger charge is 2.27. The van der Waals surface area contributed by atoms with Crippen LogP contribution in [-0.4, -0.2) is 64.9 Å². The van der Waals surface area contributed by atoms with Crippen molar-refractivity contribution in [2.75, 3.05) is 38.5 Å². The minimum absolute atomic E-state index is 0.0193. The molecule has 1 unspecified atom stereocenters. The van der Waals surface area contributed by atoms with Crippen LogP contribution in [0.5, 0.6) is 0 Å². The molecule has 2 heterocycles. The second-order valence-electron chi connectivity index (χ2n) is 5.51. The summed E-state index contributed by atoms with van der Waals surface area (Å²) in [5, 5.41) is 3.17. The van der Waals surface area contributed by atoms with Crippen LogP contribution in [0.4, 0.5) is 5.82 Å². The Labute approximate surface area is 126 Å². The predicted molar refractivity (Wildman–Crippen MR) is 83.4 cm³/mol. The number of carbonyl (C=O) groups excluding carboxylic acids is 1. The van der Waals surface area contributed by atoms with Gasteiger partial charge in [0.25, 0.3) is 5.91 Å². The van der Waals surface area contributed by atoms with Gasteiger partial charge in [0.05, 0.1) is 12.4 Å². The van der Waals surface area contributed by atoms with Crippen LogP contribution in [0.2, 0.25) is 0 Å². The molecule has 0 saturated carbocycles. The van der Waals surface area contributed by atoms with E-state index in [0.717, 1.165) is 39.0 Å². The number of nitrogens with zero attached hydrogens (tertiary/aromatic N) is 4. The third-order valence-corrected chi connectivity index (χ3v) is 3.95. The van der Waals surface area contributed by atoms with Crippen molar-refractivity contribution in [3.05, 3.63) is 18.1 Å². The van der Waals surface area contributed by atoms with Crippen molar-refractivity contribution in [2.45, 2.75) is 32.7 Å². The van der Waals surface area contributed by atoms with Crippen LogP contribution < -0.4 is 5.32 Å². The second kappa shape index (κ2) is 7.36. The fourth-order valence-electron chi connectivity index (χ4n) is 2.54. The summed E-state index contributed by atoms with van der Waals surface area (Å²) in [6, 6.07) is 0.428. The summed E-state index contributed by atoms with van der Waals surface area (Å²) in [4.78, 5) is 25.3. The van der Waals surface area contributed by atoms with E-state index in [1.165, 1.54) is 0 Å². The molecule has 0 aliphatic carbocycles. The van der Waals surface area contributed by atoms with E-state index in [2.05, 4.69) is 41.1 Å². The molecule has 1 atom stereocenters. The third-order valence-electron chi connectivity index (χ3n) is 3.95. The van der Waals surface area contributed by atoms with Gasteiger partial charge in [-0.25, -0.2) is 4.98 Å². The van der Waals surface area contributed by atoms with Crippen LogP contribution in [0.3, 0.4) is 0 Å². The van der Waals surface area contributed by atoms with Gasteiger partial charge >= 0.3 is 0 Å². The zero-order valence-corrected chi connectivity index (χ0v) is 13.2. The Morgan fingerprint density at radius 3 is 2.90 bits per heavy atom. The first-order valence-electron chi connectivity index (χ1n) is 7.71. The van der Waals surface area contributed by atoms with Gasteiger partial charge in [-0.15, -0.1) is 0 Å². The number of carbonyl (C=O) groups is 1. The molecule has 1 fully saturated rings. The maximum Gasteiger partial charge on any atom is 0.274 e. The number of amides is 1. The third kappa shape index (κ3) is 3.91. The molecule has 1 amide bonds. The summed E-state index contributed by atoms with van der Waals surface area (Å²) >= 11 is 0. The highest BCUT2D eigenvalue weighted by Crippen LogP contribution is 2.13. The van der Waals surface area contributed by atoms with E-state index in [9.17, 15) is 4.79 Å². The van der Waals surface area contributed by atoms with E-state index in [0.29, 0.717) is 17.6 Å². The van der Waals surface area contributed by atoms with E-state index in [-0.39, 0.29) is 5.91 Å². The first kappa shape index (κ1) is 15.7. The van der Waals surface area contributed by atoms with Gasteiger partial charge in [-0.3, -0.25) is 14.7 Å². The number of aromatic nitrogens is 2. The Morgan fingerprint density at radius 2 is 2.19 bits per heavy atom. The van der Waals surface area contributed by atoms with Crippen molar-refractivity contribution in [2.24, 2.45) is 0 Å². The number of nitrogens with one attached hydrogen (secondary N) is 1. The summed E-state index contributed by atoms with van der Waals surface area (Å²) in [6.45, 7) is 7.50. The molecule has 1 aromatic rings. The van der Waals surface area contributed by atoms with Crippen molar-refractivity contribution in [3.63, 3.8) is 0 Å². The highest BCUT2D eigenvalue weighted by molar-refractivity contribution is 5.92. The van der Waals surface area contributed by atoms with Gasteiger partial charge in [-0.05, 0) is 19.9 Å². The largest absolute Gasteiger partial charge is 0.369 e. The topological polar surface area (TPSA) is 61.4 Å². The minimum atomic E-state index is -0.0193. The molecule has 6 heteroatoms. The molecule has 1 saturated heterocycles. The Hall–Kier alpha value is -1.69. The molecule has 0 spiro atoms. The molecule has 6 nitrogen and oxygen atoms in total. The van der Waals surface area contributed by atoms with Crippen LogP contribution in [0.1, 0.15) is 37.2 Å². The fourth-order valence-corrected chi connectivity index (χ4v) is 2.54. The Bertz CT molecular complexity index is 479. The number of likely N-dealkylation sites (N-methyl/N-ethyl adjacent to an activating group) is 1. The van der Waals surface area contributed by atoms with Gasteiger partial charge in [-0.1, -0.05) is 13.8 Å². The molecule has 1 N–H and O–H groups in total. The molecule has 116 valence electrons. The van der Waals surface area contributed by atoms with E-state index in [4.69, 9.17) is 0 Å². The minimum Gasteiger partial charge on any atom is -0.369 e. The van der Waals surface area contributed by atoms with E-state index < -0.39 is 0 Å². The van der Waals surface area contributed by atoms with Gasteiger partial charge in [-0.2, -0.15) is 0 Å². The molecule has 1 aromatic heterocycles. The molecular weight excluding hydrogens is 266 g/mol. The van der Waals surface area contributed by atoms with Crippen LogP contribution >= 0.6 is 0 Å². The van der Waals surface area contributed by atoms with Gasteiger partial charge in [0.1, 0.15) is 11.5 Å². The van der Waals surface area contributed by atoms with E-state index in [1.807, 2.05) is 4.90 Å². The fraction of sp³-hybridized carbons (Fsp3) is 0.667. The molecule has 21 heavy (non-hydrogen) atoms. The number of hydrogen-bond donors (Lipinski definition) is 1. The average Bonchev–Trinajstić information content (AvgIpc) is 2.53. The second-order valence-corrected chi connectivity index (χ2v) is 5.51. The lowest BCUT2D eigenvalue weighted by atomic mass is 10.1. The summed E-state index contributed by atoms with van der Waals surface area (Å²) in [6.07, 6.45) is 5.27. The summed E-state index contributed by atoms with van der Waals surface area (Å²) in [5.41, 5.74) is 0.426. The lowest BCUT2D eigenvalue weighted by Crippen LogP contribution is -2.53. The standard InChI is InChI=1S/C15H25N5O/c1-4-6-17-14-10-16-9-13(18-14)15(21)20-8-7-19(3)12(5-2)11-20/h9-10,12H,4-8,11H2,1-3H3,(H,17,18). The zero-order chi connectivity index (χ0) is 15.2. The Morgan fingerprint density at radius 1 is 1.38 bits per heavy atom. The highest BCUT2D eigenvalue weighted by atomic mass is 16.2. The van der Waals surface area contributed by atoms with Crippen LogP contribution in [-0.2, 0) is 0 Å². The number of rotatable bonds is 5. The molecule has 0 aromatic carbocycles. The number of hydrogen-bond acceptors (Lipinski definition) is 5. The van der Waals surface area contributed by atoms with Crippen LogP contribution in [0.15, 0.2) is 12.4 Å². The monoisotopic (exact) mass is 291 g/mol. The van der Waals surface area contributed by atoms with Gasteiger partial charge in [0.15, 0.2) is 0 Å². The van der Waals surface area contributed by atoms with Gasteiger partial charge in [0, 0.05) is 32.2 Å². The summed E-state index contributed by atoms with van der Waals surface area (Å²) in [7, 11) is 2.12. The van der Waals surface area contributed by atoms with Crippen LogP contribution in [0, 0.1) is 0 Å². The number of piperazine rings is 1. The predicted octanol–water partition coefficient (Wildman–Crippen LogP) is 1.46. The lowest BCUT2D eigenvalue weighted by molar-refractivity contribution is 0.0536. The normalized spacial score (nSPS) is 19.6. The number of anilines is 1. The first-order chi connectivity index (χ1) is 10.2. The average molecular weight is 291 g/mol. The SMILES string of the molecule is CCCNc1cncc(C(=O)N2CCN(C)C(CC)C2)n1. The summed E-state index contributed by atoms with van der Waals surface area (Å²) < 4.78 is 0. The maximum absolute atomic E-state index is 12.6. The smallest absolute Gasteiger partial charge is 0.274 e. The van der Waals surface area contributed by atoms with Gasteiger partial charge in [0.2, 0.25) is 0 Å².